The van der Waals surface area contributed by atoms with Gasteiger partial charge in [0.2, 0.25) is 5.91 Å². The van der Waals surface area contributed by atoms with Gasteiger partial charge in [-0.1, -0.05) is 17.7 Å². The number of halogens is 1. The Morgan fingerprint density at radius 1 is 1.21 bits per heavy atom. The van der Waals surface area contributed by atoms with Crippen molar-refractivity contribution in [1.82, 2.24) is 14.8 Å². The van der Waals surface area contributed by atoms with Crippen LogP contribution in [0, 0.1) is 0 Å². The van der Waals surface area contributed by atoms with E-state index in [9.17, 15) is 4.79 Å². The number of piperazine rings is 1. The average Bonchev–Trinajstić information content (AvgIpc) is 3.10. The van der Waals surface area contributed by atoms with Gasteiger partial charge < -0.3 is 10.2 Å². The average molecular weight is 365 g/mol. The quantitative estimate of drug-likeness (QED) is 0.856. The Morgan fingerprint density at radius 2 is 2.00 bits per heavy atom. The van der Waals surface area contributed by atoms with Gasteiger partial charge in [-0.15, -0.1) is 11.3 Å². The molecule has 0 saturated carbocycles. The third kappa shape index (κ3) is 5.27. The molecule has 7 heteroatoms. The molecule has 1 aliphatic heterocycles. The molecule has 1 N–H and O–H groups in total. The number of aromatic nitrogens is 1. The lowest BCUT2D eigenvalue weighted by atomic mass is 10.2. The van der Waals surface area contributed by atoms with Crippen molar-refractivity contribution in [2.75, 3.05) is 44.6 Å². The lowest BCUT2D eigenvalue weighted by Crippen LogP contribution is -2.49. The zero-order valence-corrected chi connectivity index (χ0v) is 15.0. The van der Waals surface area contributed by atoms with Gasteiger partial charge in [-0.25, -0.2) is 4.98 Å². The second kappa shape index (κ2) is 8.58. The van der Waals surface area contributed by atoms with Gasteiger partial charge in [-0.3, -0.25) is 9.69 Å². The first-order chi connectivity index (χ1) is 11.7. The van der Waals surface area contributed by atoms with Gasteiger partial charge in [0.25, 0.3) is 0 Å². The molecule has 128 valence electrons. The molecule has 2 aromatic rings. The van der Waals surface area contributed by atoms with Crippen molar-refractivity contribution in [3.63, 3.8) is 0 Å². The largest absolute Gasteiger partial charge is 0.310 e. The molecule has 3 heterocycles. The van der Waals surface area contributed by atoms with Gasteiger partial charge in [-0.2, -0.15) is 0 Å². The van der Waals surface area contributed by atoms with Crippen LogP contribution >= 0.6 is 22.9 Å². The third-order valence-electron chi connectivity index (χ3n) is 4.08. The lowest BCUT2D eigenvalue weighted by molar-refractivity contribution is -0.117. The van der Waals surface area contributed by atoms with Crippen LogP contribution in [0.3, 0.4) is 0 Å². The van der Waals surface area contributed by atoms with Crippen molar-refractivity contribution in [3.8, 4) is 0 Å². The molecule has 1 amide bonds. The van der Waals surface area contributed by atoms with E-state index in [0.717, 1.165) is 39.1 Å². The number of hydrogen-bond donors (Lipinski definition) is 1. The standard InChI is InChI=1S/C17H21ClN4OS/c18-14-3-4-16(19-12-14)20-17(23)13-22-9-7-21(8-10-22)6-5-15-2-1-11-24-15/h1-4,11-12H,5-10,13H2,(H,19,20,23). The Kier molecular flexibility index (Phi) is 6.20. The number of pyridine rings is 1. The molecule has 0 radical (unpaired) electrons. The van der Waals surface area contributed by atoms with Gasteiger partial charge in [0.1, 0.15) is 5.82 Å². The van der Waals surface area contributed by atoms with Gasteiger partial charge in [-0.05, 0) is 30.0 Å². The van der Waals surface area contributed by atoms with Crippen LogP contribution in [-0.2, 0) is 11.2 Å². The fourth-order valence-electron chi connectivity index (χ4n) is 2.73. The SMILES string of the molecule is O=C(CN1CCN(CCc2cccs2)CC1)Nc1ccc(Cl)cn1. The fraction of sp³-hybridized carbons (Fsp3) is 0.412. The van der Waals surface area contributed by atoms with E-state index in [1.807, 2.05) is 11.3 Å². The minimum absolute atomic E-state index is 0.0307. The van der Waals surface area contributed by atoms with Crippen LogP contribution < -0.4 is 5.32 Å². The molecule has 2 aromatic heterocycles. The number of carbonyl (C=O) groups is 1. The number of nitrogens with zero attached hydrogens (tertiary/aromatic N) is 3. The van der Waals surface area contributed by atoms with Gasteiger partial charge in [0, 0.05) is 43.8 Å². The van der Waals surface area contributed by atoms with E-state index < -0.39 is 0 Å². The van der Waals surface area contributed by atoms with E-state index >= 15 is 0 Å². The normalized spacial score (nSPS) is 16.2. The van der Waals surface area contributed by atoms with E-state index in [0.29, 0.717) is 17.4 Å². The highest BCUT2D eigenvalue weighted by molar-refractivity contribution is 7.09. The number of carbonyl (C=O) groups excluding carboxylic acids is 1. The van der Waals surface area contributed by atoms with Crippen LogP contribution in [0.25, 0.3) is 0 Å². The summed E-state index contributed by atoms with van der Waals surface area (Å²) < 4.78 is 0. The first-order valence-corrected chi connectivity index (χ1v) is 9.33. The van der Waals surface area contributed by atoms with Crippen molar-refractivity contribution in [3.05, 3.63) is 45.7 Å². The van der Waals surface area contributed by atoms with Crippen LogP contribution in [-0.4, -0.2) is 60.0 Å². The molecule has 1 fully saturated rings. The maximum absolute atomic E-state index is 12.1. The minimum Gasteiger partial charge on any atom is -0.310 e. The van der Waals surface area contributed by atoms with Crippen LogP contribution in [0.15, 0.2) is 35.8 Å². The predicted molar refractivity (Wildman–Crippen MR) is 98.8 cm³/mol. The Bertz CT molecular complexity index is 639. The van der Waals surface area contributed by atoms with E-state index in [2.05, 4.69) is 37.6 Å². The summed E-state index contributed by atoms with van der Waals surface area (Å²) in [6, 6.07) is 7.72. The first-order valence-electron chi connectivity index (χ1n) is 8.07. The number of nitrogens with one attached hydrogen (secondary N) is 1. The van der Waals surface area contributed by atoms with Crippen LogP contribution in [0.4, 0.5) is 5.82 Å². The van der Waals surface area contributed by atoms with Crippen molar-refractivity contribution in [2.45, 2.75) is 6.42 Å². The Morgan fingerprint density at radius 3 is 2.67 bits per heavy atom. The number of rotatable bonds is 6. The first kappa shape index (κ1) is 17.4. The van der Waals surface area contributed by atoms with E-state index in [1.165, 1.54) is 11.1 Å². The zero-order chi connectivity index (χ0) is 16.8. The summed E-state index contributed by atoms with van der Waals surface area (Å²) >= 11 is 7.61. The van der Waals surface area contributed by atoms with Crippen molar-refractivity contribution in [1.29, 1.82) is 0 Å². The summed E-state index contributed by atoms with van der Waals surface area (Å²) in [5.41, 5.74) is 0. The molecule has 5 nitrogen and oxygen atoms in total. The highest BCUT2D eigenvalue weighted by atomic mass is 35.5. The third-order valence-corrected chi connectivity index (χ3v) is 5.24. The monoisotopic (exact) mass is 364 g/mol. The number of thiophene rings is 1. The number of hydrogen-bond acceptors (Lipinski definition) is 5. The molecule has 1 saturated heterocycles. The minimum atomic E-state index is -0.0307. The van der Waals surface area contributed by atoms with Gasteiger partial charge in [0.05, 0.1) is 11.6 Å². The maximum Gasteiger partial charge on any atom is 0.239 e. The molecular formula is C17H21ClN4OS. The Balaban J connectivity index is 1.37. The van der Waals surface area contributed by atoms with Crippen LogP contribution in [0.1, 0.15) is 4.88 Å². The van der Waals surface area contributed by atoms with Crippen molar-refractivity contribution < 1.29 is 4.79 Å². The molecule has 1 aliphatic rings. The van der Waals surface area contributed by atoms with Crippen molar-refractivity contribution >= 4 is 34.7 Å². The molecule has 0 unspecified atom stereocenters. The molecule has 0 aliphatic carbocycles. The zero-order valence-electron chi connectivity index (χ0n) is 13.4. The Labute approximate surface area is 151 Å². The van der Waals surface area contributed by atoms with E-state index in [-0.39, 0.29) is 5.91 Å². The van der Waals surface area contributed by atoms with Gasteiger partial charge in [0.15, 0.2) is 0 Å². The molecular weight excluding hydrogens is 344 g/mol. The topological polar surface area (TPSA) is 48.5 Å². The van der Waals surface area contributed by atoms with Crippen molar-refractivity contribution in [2.24, 2.45) is 0 Å². The van der Waals surface area contributed by atoms with Crippen LogP contribution in [0.2, 0.25) is 5.02 Å². The summed E-state index contributed by atoms with van der Waals surface area (Å²) in [4.78, 5) is 22.3. The van der Waals surface area contributed by atoms with Gasteiger partial charge >= 0.3 is 0 Å². The second-order valence-electron chi connectivity index (χ2n) is 5.86. The molecule has 0 spiro atoms. The lowest BCUT2D eigenvalue weighted by Gasteiger charge is -2.34. The summed E-state index contributed by atoms with van der Waals surface area (Å²) in [5, 5.41) is 5.50. The van der Waals surface area contributed by atoms with Crippen LogP contribution in [0.5, 0.6) is 0 Å². The maximum atomic E-state index is 12.1. The second-order valence-corrected chi connectivity index (χ2v) is 7.33. The summed E-state index contributed by atoms with van der Waals surface area (Å²) in [6.45, 7) is 5.37. The fourth-order valence-corrected chi connectivity index (χ4v) is 3.54. The number of anilines is 1. The molecule has 0 atom stereocenters. The number of amides is 1. The Hall–Kier alpha value is -1.47. The molecule has 24 heavy (non-hydrogen) atoms. The molecule has 0 aromatic carbocycles. The molecule has 0 bridgehead atoms. The van der Waals surface area contributed by atoms with E-state index in [1.54, 1.807) is 12.1 Å². The summed E-state index contributed by atoms with van der Waals surface area (Å²) in [5.74, 6) is 0.510. The predicted octanol–water partition coefficient (Wildman–Crippen LogP) is 2.60. The summed E-state index contributed by atoms with van der Waals surface area (Å²) in [7, 11) is 0. The highest BCUT2D eigenvalue weighted by Gasteiger charge is 2.19. The summed E-state index contributed by atoms with van der Waals surface area (Å²) in [6.07, 6.45) is 2.64. The van der Waals surface area contributed by atoms with E-state index in [4.69, 9.17) is 11.6 Å². The molecule has 3 rings (SSSR count). The smallest absolute Gasteiger partial charge is 0.239 e. The highest BCUT2D eigenvalue weighted by Crippen LogP contribution is 2.12.